The second-order valence-electron chi connectivity index (χ2n) is 13.2. The predicted molar refractivity (Wildman–Crippen MR) is 193 cm³/mol. The summed E-state index contributed by atoms with van der Waals surface area (Å²) in [6, 6.07) is 25.4. The highest BCUT2D eigenvalue weighted by Gasteiger charge is 2.35. The number of ether oxygens (including phenoxy) is 4. The van der Waals surface area contributed by atoms with Crippen molar-refractivity contribution in [3.8, 4) is 11.5 Å². The third kappa shape index (κ3) is 14.1. The van der Waals surface area contributed by atoms with Gasteiger partial charge in [-0.3, -0.25) is 0 Å². The number of esters is 2. The average molecular weight is 659 g/mol. The zero-order valence-electron chi connectivity index (χ0n) is 29.8. The Labute approximate surface area is 289 Å². The van der Waals surface area contributed by atoms with Crippen molar-refractivity contribution >= 4 is 11.9 Å². The van der Waals surface area contributed by atoms with Crippen LogP contribution in [0.3, 0.4) is 0 Å². The molecule has 3 aromatic carbocycles. The van der Waals surface area contributed by atoms with E-state index in [1.54, 1.807) is 38.1 Å². The van der Waals surface area contributed by atoms with Crippen LogP contribution in [0.25, 0.3) is 0 Å². The molecule has 0 aromatic heterocycles. The summed E-state index contributed by atoms with van der Waals surface area (Å²) in [4.78, 5) is 27.6. The number of carbonyl (C=O) groups is 2. The Morgan fingerprint density at radius 1 is 0.458 bits per heavy atom. The average Bonchev–Trinajstić information content (AvgIpc) is 3.08. The third-order valence-electron chi connectivity index (χ3n) is 8.61. The molecule has 6 nitrogen and oxygen atoms in total. The molecule has 0 amide bonds. The number of hydrogen-bond acceptors (Lipinski definition) is 6. The van der Waals surface area contributed by atoms with Crippen LogP contribution in [0, 0.1) is 0 Å². The fourth-order valence-corrected chi connectivity index (χ4v) is 5.87. The van der Waals surface area contributed by atoms with Gasteiger partial charge in [0.1, 0.15) is 11.5 Å². The first kappa shape index (κ1) is 38.6. The first-order valence-electron chi connectivity index (χ1n) is 18.3. The van der Waals surface area contributed by atoms with Gasteiger partial charge in [-0.2, -0.15) is 0 Å². The lowest BCUT2D eigenvalue weighted by atomic mass is 10.0. The summed E-state index contributed by atoms with van der Waals surface area (Å²) in [5, 5.41) is 0. The lowest BCUT2D eigenvalue weighted by Crippen LogP contribution is -2.40. The monoisotopic (exact) mass is 658 g/mol. The molecular weight excluding hydrogens is 600 g/mol. The molecule has 0 bridgehead atoms. The van der Waals surface area contributed by atoms with Gasteiger partial charge in [0.05, 0.1) is 11.1 Å². The molecule has 6 heteroatoms. The molecule has 2 atom stereocenters. The maximum atomic E-state index is 13.8. The molecule has 2 unspecified atom stereocenters. The summed E-state index contributed by atoms with van der Waals surface area (Å²) in [5.41, 5.74) is 0.255. The summed E-state index contributed by atoms with van der Waals surface area (Å²) in [5.74, 6) is -2.49. The number of unbranched alkanes of at least 4 members (excludes halogenated alkanes) is 12. The fraction of sp³-hybridized carbons (Fsp3) is 0.524. The SMILES string of the molecule is CCCCCCCCCC(C)(OC(=O)c1ccccc1C(=O)OC(C)(CCCCCCCCC)Oc1ccccc1)Oc1ccccc1. The van der Waals surface area contributed by atoms with Gasteiger partial charge in [-0.15, -0.1) is 0 Å². The number of rotatable bonds is 24. The highest BCUT2D eigenvalue weighted by Crippen LogP contribution is 2.30. The van der Waals surface area contributed by atoms with E-state index in [4.69, 9.17) is 18.9 Å². The van der Waals surface area contributed by atoms with Gasteiger partial charge in [-0.05, 0) is 49.2 Å². The third-order valence-corrected chi connectivity index (χ3v) is 8.61. The first-order chi connectivity index (χ1) is 23.3. The minimum absolute atomic E-state index is 0.128. The Balaban J connectivity index is 1.74. The Hall–Kier alpha value is -3.80. The molecule has 262 valence electrons. The van der Waals surface area contributed by atoms with Crippen molar-refractivity contribution in [3.05, 3.63) is 96.1 Å². The van der Waals surface area contributed by atoms with Crippen molar-refractivity contribution in [2.45, 2.75) is 142 Å². The van der Waals surface area contributed by atoms with Crippen LogP contribution in [0.15, 0.2) is 84.9 Å². The van der Waals surface area contributed by atoms with Gasteiger partial charge in [0, 0.05) is 26.7 Å². The number of hydrogen-bond donors (Lipinski definition) is 0. The highest BCUT2D eigenvalue weighted by atomic mass is 16.7. The van der Waals surface area contributed by atoms with Crippen molar-refractivity contribution in [3.63, 3.8) is 0 Å². The molecule has 0 N–H and O–H groups in total. The molecule has 3 aromatic rings. The molecule has 0 aliphatic heterocycles. The summed E-state index contributed by atoms with van der Waals surface area (Å²) in [6.45, 7) is 8.02. The molecule has 0 aliphatic carbocycles. The van der Waals surface area contributed by atoms with Gasteiger partial charge in [-0.25, -0.2) is 9.59 Å². The van der Waals surface area contributed by atoms with Crippen molar-refractivity contribution in [2.24, 2.45) is 0 Å². The van der Waals surface area contributed by atoms with E-state index in [1.165, 1.54) is 51.4 Å². The van der Waals surface area contributed by atoms with E-state index in [2.05, 4.69) is 13.8 Å². The molecule has 0 saturated heterocycles. The minimum atomic E-state index is -1.22. The van der Waals surface area contributed by atoms with E-state index >= 15 is 0 Å². The first-order valence-corrected chi connectivity index (χ1v) is 18.3. The van der Waals surface area contributed by atoms with Crippen molar-refractivity contribution < 1.29 is 28.5 Å². The molecule has 3 rings (SSSR count). The lowest BCUT2D eigenvalue weighted by Gasteiger charge is -2.32. The topological polar surface area (TPSA) is 71.1 Å². The van der Waals surface area contributed by atoms with Gasteiger partial charge >= 0.3 is 11.9 Å². The van der Waals surface area contributed by atoms with E-state index in [9.17, 15) is 9.59 Å². The largest absolute Gasteiger partial charge is 0.453 e. The highest BCUT2D eigenvalue weighted by molar-refractivity contribution is 6.03. The summed E-state index contributed by atoms with van der Waals surface area (Å²) < 4.78 is 24.8. The second kappa shape index (κ2) is 21.2. The predicted octanol–water partition coefficient (Wildman–Crippen LogP) is 11.9. The van der Waals surface area contributed by atoms with Crippen LogP contribution in [-0.4, -0.2) is 23.5 Å². The maximum absolute atomic E-state index is 13.8. The number of benzene rings is 3. The molecule has 0 aliphatic rings. The molecule has 0 fully saturated rings. The van der Waals surface area contributed by atoms with Crippen LogP contribution < -0.4 is 9.47 Å². The van der Waals surface area contributed by atoms with Gasteiger partial charge in [0.15, 0.2) is 0 Å². The molecule has 0 heterocycles. The maximum Gasteiger partial charge on any atom is 0.342 e. The molecule has 48 heavy (non-hydrogen) atoms. The summed E-state index contributed by atoms with van der Waals surface area (Å²) in [6.07, 6.45) is 16.9. The quantitative estimate of drug-likeness (QED) is 0.0542. The van der Waals surface area contributed by atoms with Crippen LogP contribution in [-0.2, 0) is 9.47 Å². The van der Waals surface area contributed by atoms with Gasteiger partial charge < -0.3 is 18.9 Å². The molecule has 0 saturated carbocycles. The van der Waals surface area contributed by atoms with Crippen LogP contribution in [0.5, 0.6) is 11.5 Å². The molecule has 0 spiro atoms. The van der Waals surface area contributed by atoms with E-state index < -0.39 is 23.5 Å². The van der Waals surface area contributed by atoms with Crippen molar-refractivity contribution in [1.82, 2.24) is 0 Å². The number of carbonyl (C=O) groups excluding carboxylic acids is 2. The lowest BCUT2D eigenvalue weighted by molar-refractivity contribution is -0.139. The Morgan fingerprint density at radius 2 is 0.771 bits per heavy atom. The zero-order valence-corrected chi connectivity index (χ0v) is 29.8. The van der Waals surface area contributed by atoms with Crippen LogP contribution in [0.4, 0.5) is 0 Å². The van der Waals surface area contributed by atoms with Crippen molar-refractivity contribution in [2.75, 3.05) is 0 Å². The van der Waals surface area contributed by atoms with E-state index in [0.29, 0.717) is 24.3 Å². The molecular formula is C42H58O6. The summed E-state index contributed by atoms with van der Waals surface area (Å²) in [7, 11) is 0. The minimum Gasteiger partial charge on any atom is -0.453 e. The Kier molecular flexibility index (Phi) is 17.1. The second-order valence-corrected chi connectivity index (χ2v) is 13.2. The smallest absolute Gasteiger partial charge is 0.342 e. The molecule has 0 radical (unpaired) electrons. The zero-order chi connectivity index (χ0) is 34.5. The van der Waals surface area contributed by atoms with E-state index in [0.717, 1.165) is 38.5 Å². The van der Waals surface area contributed by atoms with Crippen LogP contribution in [0.1, 0.15) is 151 Å². The van der Waals surface area contributed by atoms with E-state index in [1.807, 2.05) is 60.7 Å². The fourth-order valence-electron chi connectivity index (χ4n) is 5.87. The van der Waals surface area contributed by atoms with Gasteiger partial charge in [-0.1, -0.05) is 139 Å². The Morgan fingerprint density at radius 3 is 1.12 bits per heavy atom. The summed E-state index contributed by atoms with van der Waals surface area (Å²) >= 11 is 0. The van der Waals surface area contributed by atoms with Crippen molar-refractivity contribution in [1.29, 1.82) is 0 Å². The van der Waals surface area contributed by atoms with Gasteiger partial charge in [0.25, 0.3) is 11.6 Å². The van der Waals surface area contributed by atoms with Crippen LogP contribution in [0.2, 0.25) is 0 Å². The number of para-hydroxylation sites is 2. The van der Waals surface area contributed by atoms with E-state index in [-0.39, 0.29) is 11.1 Å². The Bertz CT molecular complexity index is 1220. The van der Waals surface area contributed by atoms with Gasteiger partial charge in [0.2, 0.25) is 0 Å². The van der Waals surface area contributed by atoms with Crippen LogP contribution >= 0.6 is 0 Å². The normalized spacial score (nSPS) is 13.6. The standard InChI is InChI=1S/C42H58O6/c1-5-7-9-11-13-15-25-33-41(3,45-35-27-19-17-20-28-35)47-39(43)37-31-23-24-32-38(37)40(44)48-42(4,46-36-29-21-18-22-30-36)34-26-16-14-12-10-8-6-2/h17-24,27-32H,5-16,25-26,33-34H2,1-4H3.